The SMILES string of the molecule is CCCOc1ccc(CNCCN(C)C)cc1OCC. The molecule has 0 radical (unpaired) electrons. The van der Waals surface area contributed by atoms with Gasteiger partial charge in [0.2, 0.25) is 0 Å². The van der Waals surface area contributed by atoms with E-state index in [0.717, 1.165) is 44.2 Å². The number of hydrogen-bond donors (Lipinski definition) is 1. The van der Waals surface area contributed by atoms with Crippen molar-refractivity contribution >= 4 is 0 Å². The molecule has 0 aliphatic heterocycles. The maximum absolute atomic E-state index is 5.70. The van der Waals surface area contributed by atoms with Gasteiger partial charge in [-0.1, -0.05) is 13.0 Å². The molecule has 0 saturated carbocycles. The molecule has 4 heteroatoms. The Morgan fingerprint density at radius 3 is 2.55 bits per heavy atom. The Hall–Kier alpha value is -1.26. The quantitative estimate of drug-likeness (QED) is 0.668. The van der Waals surface area contributed by atoms with Gasteiger partial charge in [0.15, 0.2) is 11.5 Å². The predicted molar refractivity (Wildman–Crippen MR) is 83.7 cm³/mol. The number of ether oxygens (including phenoxy) is 2. The molecule has 1 N–H and O–H groups in total. The molecule has 1 rings (SSSR count). The first-order valence-electron chi connectivity index (χ1n) is 7.41. The molecule has 0 fully saturated rings. The smallest absolute Gasteiger partial charge is 0.161 e. The maximum atomic E-state index is 5.70. The summed E-state index contributed by atoms with van der Waals surface area (Å²) in [6, 6.07) is 6.16. The van der Waals surface area contributed by atoms with Crippen LogP contribution in [0.2, 0.25) is 0 Å². The summed E-state index contributed by atoms with van der Waals surface area (Å²) in [5.41, 5.74) is 1.22. The molecule has 0 saturated heterocycles. The zero-order valence-electron chi connectivity index (χ0n) is 13.2. The van der Waals surface area contributed by atoms with Crippen molar-refractivity contribution in [2.45, 2.75) is 26.8 Å². The van der Waals surface area contributed by atoms with Crippen LogP contribution in [0.1, 0.15) is 25.8 Å². The molecule has 1 aromatic rings. The van der Waals surface area contributed by atoms with Crippen LogP contribution >= 0.6 is 0 Å². The molecule has 0 aromatic heterocycles. The molecule has 114 valence electrons. The van der Waals surface area contributed by atoms with E-state index in [4.69, 9.17) is 9.47 Å². The van der Waals surface area contributed by atoms with Crippen molar-refractivity contribution in [3.63, 3.8) is 0 Å². The Morgan fingerprint density at radius 2 is 1.90 bits per heavy atom. The zero-order valence-corrected chi connectivity index (χ0v) is 13.2. The molecule has 0 atom stereocenters. The van der Waals surface area contributed by atoms with Crippen molar-refractivity contribution in [3.05, 3.63) is 23.8 Å². The molecular formula is C16H28N2O2. The number of nitrogens with one attached hydrogen (secondary N) is 1. The fourth-order valence-corrected chi connectivity index (χ4v) is 1.80. The molecule has 4 nitrogen and oxygen atoms in total. The molecule has 0 spiro atoms. The lowest BCUT2D eigenvalue weighted by molar-refractivity contribution is 0.276. The van der Waals surface area contributed by atoms with Gasteiger partial charge in [-0.15, -0.1) is 0 Å². The van der Waals surface area contributed by atoms with Gasteiger partial charge in [-0.05, 0) is 45.1 Å². The summed E-state index contributed by atoms with van der Waals surface area (Å²) < 4.78 is 11.4. The number of benzene rings is 1. The lowest BCUT2D eigenvalue weighted by Crippen LogP contribution is -2.26. The third-order valence-corrected chi connectivity index (χ3v) is 2.83. The molecule has 0 heterocycles. The molecule has 1 aromatic carbocycles. The van der Waals surface area contributed by atoms with E-state index in [2.05, 4.69) is 43.4 Å². The van der Waals surface area contributed by atoms with E-state index in [0.29, 0.717) is 6.61 Å². The molecule has 0 aliphatic carbocycles. The summed E-state index contributed by atoms with van der Waals surface area (Å²) >= 11 is 0. The normalized spacial score (nSPS) is 10.8. The summed E-state index contributed by atoms with van der Waals surface area (Å²) in [5.74, 6) is 1.68. The van der Waals surface area contributed by atoms with Gasteiger partial charge in [0, 0.05) is 19.6 Å². The molecule has 0 bridgehead atoms. The minimum absolute atomic E-state index is 0.653. The Labute approximate surface area is 123 Å². The topological polar surface area (TPSA) is 33.7 Å². The summed E-state index contributed by atoms with van der Waals surface area (Å²) in [7, 11) is 4.16. The molecule has 0 amide bonds. The Balaban J connectivity index is 2.57. The van der Waals surface area contributed by atoms with Crippen molar-refractivity contribution < 1.29 is 9.47 Å². The summed E-state index contributed by atoms with van der Waals surface area (Å²) in [5, 5.41) is 3.43. The van der Waals surface area contributed by atoms with Gasteiger partial charge in [0.05, 0.1) is 13.2 Å². The highest BCUT2D eigenvalue weighted by atomic mass is 16.5. The highest BCUT2D eigenvalue weighted by Gasteiger charge is 2.06. The van der Waals surface area contributed by atoms with E-state index >= 15 is 0 Å². The van der Waals surface area contributed by atoms with Crippen molar-refractivity contribution in [1.82, 2.24) is 10.2 Å². The van der Waals surface area contributed by atoms with Crippen molar-refractivity contribution in [2.75, 3.05) is 40.4 Å². The first kappa shape index (κ1) is 16.8. The van der Waals surface area contributed by atoms with Gasteiger partial charge in [0.1, 0.15) is 0 Å². The van der Waals surface area contributed by atoms with Crippen LogP contribution in [0.5, 0.6) is 11.5 Å². The van der Waals surface area contributed by atoms with Gasteiger partial charge in [-0.25, -0.2) is 0 Å². The van der Waals surface area contributed by atoms with E-state index < -0.39 is 0 Å². The van der Waals surface area contributed by atoms with Crippen LogP contribution in [-0.2, 0) is 6.54 Å². The van der Waals surface area contributed by atoms with Gasteiger partial charge in [-0.2, -0.15) is 0 Å². The summed E-state index contributed by atoms with van der Waals surface area (Å²) in [6.45, 7) is 8.33. The minimum atomic E-state index is 0.653. The van der Waals surface area contributed by atoms with Crippen LogP contribution in [0.15, 0.2) is 18.2 Å². The summed E-state index contributed by atoms with van der Waals surface area (Å²) in [4.78, 5) is 2.17. The van der Waals surface area contributed by atoms with Gasteiger partial charge < -0.3 is 19.7 Å². The van der Waals surface area contributed by atoms with Crippen LogP contribution in [0.25, 0.3) is 0 Å². The van der Waals surface area contributed by atoms with Crippen molar-refractivity contribution in [1.29, 1.82) is 0 Å². The minimum Gasteiger partial charge on any atom is -0.490 e. The van der Waals surface area contributed by atoms with Crippen LogP contribution in [-0.4, -0.2) is 45.3 Å². The molecule has 0 unspecified atom stereocenters. The fraction of sp³-hybridized carbons (Fsp3) is 0.625. The maximum Gasteiger partial charge on any atom is 0.161 e. The van der Waals surface area contributed by atoms with Crippen LogP contribution in [0, 0.1) is 0 Å². The average molecular weight is 280 g/mol. The Bertz CT molecular complexity index is 381. The molecule has 0 aliphatic rings. The van der Waals surface area contributed by atoms with Gasteiger partial charge in [0.25, 0.3) is 0 Å². The second kappa shape index (κ2) is 9.61. The van der Waals surface area contributed by atoms with Crippen LogP contribution < -0.4 is 14.8 Å². The second-order valence-corrected chi connectivity index (χ2v) is 5.04. The fourth-order valence-electron chi connectivity index (χ4n) is 1.80. The third-order valence-electron chi connectivity index (χ3n) is 2.83. The molecular weight excluding hydrogens is 252 g/mol. The second-order valence-electron chi connectivity index (χ2n) is 5.04. The van der Waals surface area contributed by atoms with Crippen LogP contribution in [0.3, 0.4) is 0 Å². The van der Waals surface area contributed by atoms with Crippen LogP contribution in [0.4, 0.5) is 0 Å². The van der Waals surface area contributed by atoms with Gasteiger partial charge in [-0.3, -0.25) is 0 Å². The highest BCUT2D eigenvalue weighted by molar-refractivity contribution is 5.43. The van der Waals surface area contributed by atoms with Gasteiger partial charge >= 0.3 is 0 Å². The van der Waals surface area contributed by atoms with Crippen molar-refractivity contribution in [2.24, 2.45) is 0 Å². The lowest BCUT2D eigenvalue weighted by atomic mass is 10.2. The largest absolute Gasteiger partial charge is 0.490 e. The molecule has 20 heavy (non-hydrogen) atoms. The lowest BCUT2D eigenvalue weighted by Gasteiger charge is -2.14. The highest BCUT2D eigenvalue weighted by Crippen LogP contribution is 2.28. The van der Waals surface area contributed by atoms with E-state index in [1.165, 1.54) is 5.56 Å². The number of nitrogens with zero attached hydrogens (tertiary/aromatic N) is 1. The standard InChI is InChI=1S/C16H28N2O2/c1-5-11-20-15-8-7-14(12-16(15)19-6-2)13-17-9-10-18(3)4/h7-8,12,17H,5-6,9-11,13H2,1-4H3. The monoisotopic (exact) mass is 280 g/mol. The van der Waals surface area contributed by atoms with E-state index in [1.54, 1.807) is 0 Å². The third kappa shape index (κ3) is 6.26. The van der Waals surface area contributed by atoms with E-state index in [-0.39, 0.29) is 0 Å². The zero-order chi connectivity index (χ0) is 14.8. The number of hydrogen-bond acceptors (Lipinski definition) is 4. The first-order chi connectivity index (χ1) is 9.67. The van der Waals surface area contributed by atoms with Crippen molar-refractivity contribution in [3.8, 4) is 11.5 Å². The first-order valence-corrected chi connectivity index (χ1v) is 7.41. The predicted octanol–water partition coefficient (Wildman–Crippen LogP) is 2.53. The number of likely N-dealkylation sites (N-methyl/N-ethyl adjacent to an activating group) is 1. The Kier molecular flexibility index (Phi) is 8.07. The van der Waals surface area contributed by atoms with E-state index in [9.17, 15) is 0 Å². The summed E-state index contributed by atoms with van der Waals surface area (Å²) in [6.07, 6.45) is 0.999. The number of rotatable bonds is 10. The average Bonchev–Trinajstić information content (AvgIpc) is 2.43. The Morgan fingerprint density at radius 1 is 1.10 bits per heavy atom. The van der Waals surface area contributed by atoms with E-state index in [1.807, 2.05) is 13.0 Å².